The highest BCUT2D eigenvalue weighted by Gasteiger charge is 2.10. The van der Waals surface area contributed by atoms with Crippen LogP contribution < -0.4 is 20.1 Å². The Morgan fingerprint density at radius 2 is 1.48 bits per heavy atom. The quantitative estimate of drug-likeness (QED) is 0.594. The first-order chi connectivity index (χ1) is 14.0. The summed E-state index contributed by atoms with van der Waals surface area (Å²) in [6.45, 7) is 0. The standard InChI is InChI=1S/C22H20F2N2O3/c1-28-19-11-6-14(12-20(19)29-2)13-21(27)25-15-7-9-16(10-8-15)26-22-17(23)4-3-5-18(22)24/h3-12,26H,13H2,1-2H3,(H,25,27). The first-order valence-electron chi connectivity index (χ1n) is 8.82. The van der Waals surface area contributed by atoms with Gasteiger partial charge in [0.25, 0.3) is 0 Å². The third-order valence-electron chi connectivity index (χ3n) is 4.21. The van der Waals surface area contributed by atoms with Gasteiger partial charge in [-0.3, -0.25) is 4.79 Å². The molecular formula is C22H20F2N2O3. The molecule has 5 nitrogen and oxygen atoms in total. The maximum atomic E-state index is 13.7. The van der Waals surface area contributed by atoms with Gasteiger partial charge in [0.2, 0.25) is 5.91 Å². The molecule has 0 bridgehead atoms. The molecule has 7 heteroatoms. The van der Waals surface area contributed by atoms with Crippen molar-refractivity contribution in [1.82, 2.24) is 0 Å². The van der Waals surface area contributed by atoms with E-state index < -0.39 is 11.6 Å². The van der Waals surface area contributed by atoms with Crippen LogP contribution in [0.1, 0.15) is 5.56 Å². The van der Waals surface area contributed by atoms with Gasteiger partial charge in [0.15, 0.2) is 11.5 Å². The van der Waals surface area contributed by atoms with Gasteiger partial charge in [-0.15, -0.1) is 0 Å². The molecule has 29 heavy (non-hydrogen) atoms. The predicted molar refractivity (Wildman–Crippen MR) is 108 cm³/mol. The number of anilines is 3. The van der Waals surface area contributed by atoms with E-state index in [1.165, 1.54) is 25.3 Å². The minimum atomic E-state index is -0.683. The molecular weight excluding hydrogens is 378 g/mol. The number of hydrogen-bond acceptors (Lipinski definition) is 4. The van der Waals surface area contributed by atoms with Crippen LogP contribution in [0.5, 0.6) is 11.5 Å². The molecule has 0 radical (unpaired) electrons. The van der Waals surface area contributed by atoms with E-state index in [9.17, 15) is 13.6 Å². The van der Waals surface area contributed by atoms with Crippen LogP contribution >= 0.6 is 0 Å². The van der Waals surface area contributed by atoms with Gasteiger partial charge < -0.3 is 20.1 Å². The van der Waals surface area contributed by atoms with Gasteiger partial charge in [-0.25, -0.2) is 8.78 Å². The number of para-hydroxylation sites is 1. The zero-order chi connectivity index (χ0) is 20.8. The van der Waals surface area contributed by atoms with Crippen molar-refractivity contribution in [3.63, 3.8) is 0 Å². The number of hydrogen-bond donors (Lipinski definition) is 2. The van der Waals surface area contributed by atoms with E-state index >= 15 is 0 Å². The summed E-state index contributed by atoms with van der Waals surface area (Å²) in [6.07, 6.45) is 0.154. The van der Waals surface area contributed by atoms with E-state index in [4.69, 9.17) is 9.47 Å². The normalized spacial score (nSPS) is 10.3. The van der Waals surface area contributed by atoms with Crippen LogP contribution in [0.3, 0.4) is 0 Å². The Kier molecular flexibility index (Phi) is 6.29. The lowest BCUT2D eigenvalue weighted by molar-refractivity contribution is -0.115. The smallest absolute Gasteiger partial charge is 0.228 e. The minimum Gasteiger partial charge on any atom is -0.493 e. The fraction of sp³-hybridized carbons (Fsp3) is 0.136. The minimum absolute atomic E-state index is 0.154. The van der Waals surface area contributed by atoms with Crippen molar-refractivity contribution in [2.75, 3.05) is 24.9 Å². The number of carbonyl (C=O) groups is 1. The molecule has 0 saturated heterocycles. The lowest BCUT2D eigenvalue weighted by Gasteiger charge is -2.11. The fourth-order valence-corrected chi connectivity index (χ4v) is 2.78. The average Bonchev–Trinajstić information content (AvgIpc) is 2.72. The Morgan fingerprint density at radius 1 is 0.862 bits per heavy atom. The summed E-state index contributed by atoms with van der Waals surface area (Å²) in [5.74, 6) is -0.438. The van der Waals surface area contributed by atoms with E-state index in [0.717, 1.165) is 5.56 Å². The average molecular weight is 398 g/mol. The topological polar surface area (TPSA) is 59.6 Å². The summed E-state index contributed by atoms with van der Waals surface area (Å²) in [5.41, 5.74) is 1.60. The summed E-state index contributed by atoms with van der Waals surface area (Å²) in [6, 6.07) is 15.5. The molecule has 2 N–H and O–H groups in total. The third-order valence-corrected chi connectivity index (χ3v) is 4.21. The van der Waals surface area contributed by atoms with E-state index in [1.54, 1.807) is 49.6 Å². The fourth-order valence-electron chi connectivity index (χ4n) is 2.78. The molecule has 3 rings (SSSR count). The van der Waals surface area contributed by atoms with E-state index in [1.807, 2.05) is 0 Å². The van der Waals surface area contributed by atoms with Crippen molar-refractivity contribution in [3.05, 3.63) is 77.9 Å². The number of nitrogens with one attached hydrogen (secondary N) is 2. The van der Waals surface area contributed by atoms with Gasteiger partial charge in [-0.2, -0.15) is 0 Å². The van der Waals surface area contributed by atoms with Crippen molar-refractivity contribution in [3.8, 4) is 11.5 Å². The number of ether oxygens (including phenoxy) is 2. The zero-order valence-corrected chi connectivity index (χ0v) is 16.0. The lowest BCUT2D eigenvalue weighted by Crippen LogP contribution is -2.14. The monoisotopic (exact) mass is 398 g/mol. The highest BCUT2D eigenvalue weighted by atomic mass is 19.1. The van der Waals surface area contributed by atoms with E-state index in [0.29, 0.717) is 22.9 Å². The van der Waals surface area contributed by atoms with Crippen molar-refractivity contribution >= 4 is 23.0 Å². The summed E-state index contributed by atoms with van der Waals surface area (Å²) in [7, 11) is 3.08. The first-order valence-corrected chi connectivity index (χ1v) is 8.82. The number of halogens is 2. The van der Waals surface area contributed by atoms with Crippen molar-refractivity contribution in [2.45, 2.75) is 6.42 Å². The predicted octanol–water partition coefficient (Wildman–Crippen LogP) is 4.91. The molecule has 0 aliphatic rings. The molecule has 3 aromatic rings. The SMILES string of the molecule is COc1ccc(CC(=O)Nc2ccc(Nc3c(F)cccc3F)cc2)cc1OC. The first kappa shape index (κ1) is 20.1. The van der Waals surface area contributed by atoms with Gasteiger partial charge in [-0.1, -0.05) is 12.1 Å². The molecule has 0 aliphatic heterocycles. The molecule has 150 valence electrons. The Morgan fingerprint density at radius 3 is 2.10 bits per heavy atom. The highest BCUT2D eigenvalue weighted by molar-refractivity contribution is 5.92. The summed E-state index contributed by atoms with van der Waals surface area (Å²) in [4.78, 5) is 12.3. The molecule has 0 fully saturated rings. The Balaban J connectivity index is 1.63. The van der Waals surface area contributed by atoms with Gasteiger partial charge in [0.05, 0.1) is 20.6 Å². The molecule has 0 heterocycles. The summed E-state index contributed by atoms with van der Waals surface area (Å²) < 4.78 is 37.9. The van der Waals surface area contributed by atoms with Crippen molar-refractivity contribution in [2.24, 2.45) is 0 Å². The van der Waals surface area contributed by atoms with Gasteiger partial charge in [0, 0.05) is 11.4 Å². The molecule has 3 aromatic carbocycles. The summed E-state index contributed by atoms with van der Waals surface area (Å²) >= 11 is 0. The van der Waals surface area contributed by atoms with Crippen LogP contribution in [0.25, 0.3) is 0 Å². The zero-order valence-electron chi connectivity index (χ0n) is 16.0. The van der Waals surface area contributed by atoms with Crippen LogP contribution in [-0.4, -0.2) is 20.1 Å². The van der Waals surface area contributed by atoms with Crippen LogP contribution in [0.2, 0.25) is 0 Å². The molecule has 0 saturated carbocycles. The Labute approximate surface area is 167 Å². The van der Waals surface area contributed by atoms with Gasteiger partial charge >= 0.3 is 0 Å². The van der Waals surface area contributed by atoms with Gasteiger partial charge in [-0.05, 0) is 54.1 Å². The third kappa shape index (κ3) is 5.01. The Bertz CT molecular complexity index is 987. The highest BCUT2D eigenvalue weighted by Crippen LogP contribution is 2.28. The molecule has 1 amide bonds. The van der Waals surface area contributed by atoms with Crippen molar-refractivity contribution < 1.29 is 23.0 Å². The second-order valence-electron chi connectivity index (χ2n) is 6.21. The molecule has 0 aliphatic carbocycles. The van der Waals surface area contributed by atoms with Crippen LogP contribution in [0, 0.1) is 11.6 Å². The number of amides is 1. The van der Waals surface area contributed by atoms with Crippen LogP contribution in [0.4, 0.5) is 25.8 Å². The second kappa shape index (κ2) is 9.05. The number of carbonyl (C=O) groups excluding carboxylic acids is 1. The molecule has 0 aromatic heterocycles. The largest absolute Gasteiger partial charge is 0.493 e. The van der Waals surface area contributed by atoms with E-state index in [-0.39, 0.29) is 18.0 Å². The van der Waals surface area contributed by atoms with E-state index in [2.05, 4.69) is 10.6 Å². The number of methoxy groups -OCH3 is 2. The van der Waals surface area contributed by atoms with Crippen molar-refractivity contribution in [1.29, 1.82) is 0 Å². The number of benzene rings is 3. The lowest BCUT2D eigenvalue weighted by atomic mass is 10.1. The molecule has 0 spiro atoms. The maximum Gasteiger partial charge on any atom is 0.228 e. The Hall–Kier alpha value is -3.61. The molecule has 0 atom stereocenters. The second-order valence-corrected chi connectivity index (χ2v) is 6.21. The summed E-state index contributed by atoms with van der Waals surface area (Å²) in [5, 5.41) is 5.48. The molecule has 0 unspecified atom stereocenters. The van der Waals surface area contributed by atoms with Gasteiger partial charge in [0.1, 0.15) is 17.3 Å². The maximum absolute atomic E-state index is 13.7. The van der Waals surface area contributed by atoms with Crippen LogP contribution in [0.15, 0.2) is 60.7 Å². The number of rotatable bonds is 7. The van der Waals surface area contributed by atoms with Crippen LogP contribution in [-0.2, 0) is 11.2 Å².